The second-order valence-electron chi connectivity index (χ2n) is 4.65. The van der Waals surface area contributed by atoms with Gasteiger partial charge in [-0.05, 0) is 51.0 Å². The Bertz CT molecular complexity index is 332. The first kappa shape index (κ1) is 17.3. The lowest BCUT2D eigenvalue weighted by Gasteiger charge is -2.10. The van der Waals surface area contributed by atoms with Crippen molar-refractivity contribution in [2.75, 3.05) is 0 Å². The van der Waals surface area contributed by atoms with Gasteiger partial charge in [0, 0.05) is 5.25 Å². The molecule has 0 aromatic heterocycles. The van der Waals surface area contributed by atoms with Gasteiger partial charge in [0.15, 0.2) is 0 Å². The van der Waals surface area contributed by atoms with E-state index >= 15 is 0 Å². The number of allylic oxidation sites excluding steroid dienone is 6. The zero-order valence-corrected chi connectivity index (χ0v) is 13.4. The minimum Gasteiger partial charge on any atom is -0.130 e. The van der Waals surface area contributed by atoms with Crippen LogP contribution < -0.4 is 0 Å². The Morgan fingerprint density at radius 3 is 2.39 bits per heavy atom. The first-order valence-electron chi connectivity index (χ1n) is 6.84. The maximum atomic E-state index is 3.98. The number of hydrogen-bond acceptors (Lipinski definition) is 1. The summed E-state index contributed by atoms with van der Waals surface area (Å²) in [5.74, 6) is 0. The minimum absolute atomic E-state index is 0.686. The summed E-state index contributed by atoms with van der Waals surface area (Å²) in [5.41, 5.74) is 3.85. The Morgan fingerprint density at radius 2 is 1.94 bits per heavy atom. The maximum absolute atomic E-state index is 3.98. The fourth-order valence-corrected chi connectivity index (χ4v) is 2.45. The first-order valence-corrected chi connectivity index (χ1v) is 7.79. The molecule has 0 fully saturated rings. The van der Waals surface area contributed by atoms with E-state index in [0.29, 0.717) is 5.25 Å². The lowest BCUT2D eigenvalue weighted by molar-refractivity contribution is 0.838. The van der Waals surface area contributed by atoms with E-state index in [1.165, 1.54) is 17.6 Å². The Kier molecular flexibility index (Phi) is 9.86. The molecule has 0 aromatic rings. The minimum atomic E-state index is 0.686. The van der Waals surface area contributed by atoms with Crippen LogP contribution in [0.2, 0.25) is 0 Å². The van der Waals surface area contributed by atoms with Gasteiger partial charge in [0.2, 0.25) is 0 Å². The van der Waals surface area contributed by atoms with Crippen LogP contribution in [0.4, 0.5) is 0 Å². The van der Waals surface area contributed by atoms with E-state index in [1.807, 2.05) is 11.8 Å². The highest BCUT2D eigenvalue weighted by Gasteiger charge is 2.03. The Hall–Kier alpha value is -0.690. The Morgan fingerprint density at radius 1 is 1.28 bits per heavy atom. The fourth-order valence-electron chi connectivity index (χ4n) is 1.45. The molecule has 1 atom stereocenters. The molecule has 1 heteroatoms. The van der Waals surface area contributed by atoms with Gasteiger partial charge in [0.1, 0.15) is 0 Å². The van der Waals surface area contributed by atoms with Crippen LogP contribution in [0.15, 0.2) is 46.9 Å². The van der Waals surface area contributed by atoms with Crippen LogP contribution in [0.3, 0.4) is 0 Å². The molecule has 0 saturated carbocycles. The van der Waals surface area contributed by atoms with Crippen molar-refractivity contribution in [1.82, 2.24) is 0 Å². The van der Waals surface area contributed by atoms with Gasteiger partial charge in [-0.3, -0.25) is 0 Å². The molecule has 18 heavy (non-hydrogen) atoms. The van der Waals surface area contributed by atoms with Crippen molar-refractivity contribution in [3.05, 3.63) is 46.9 Å². The van der Waals surface area contributed by atoms with Gasteiger partial charge in [-0.1, -0.05) is 49.8 Å². The van der Waals surface area contributed by atoms with Gasteiger partial charge in [0.05, 0.1) is 0 Å². The fraction of sp³-hybridized carbons (Fsp3) is 0.529. The first-order chi connectivity index (χ1) is 8.54. The zero-order valence-electron chi connectivity index (χ0n) is 12.6. The highest BCUT2D eigenvalue weighted by atomic mass is 32.2. The summed E-state index contributed by atoms with van der Waals surface area (Å²) >= 11 is 1.97. The highest BCUT2D eigenvalue weighted by Crippen LogP contribution is 2.22. The summed E-state index contributed by atoms with van der Waals surface area (Å²) in [6, 6.07) is 0. The summed E-state index contributed by atoms with van der Waals surface area (Å²) < 4.78 is 0. The van der Waals surface area contributed by atoms with E-state index in [4.69, 9.17) is 0 Å². The normalized spacial score (nSPS) is 15.2. The predicted octanol–water partition coefficient (Wildman–Crippen LogP) is 6.28. The van der Waals surface area contributed by atoms with Crippen molar-refractivity contribution in [2.24, 2.45) is 0 Å². The highest BCUT2D eigenvalue weighted by molar-refractivity contribution is 8.02. The maximum Gasteiger partial charge on any atom is 0.0120 e. The Balaban J connectivity index is 4.31. The average Bonchev–Trinajstić information content (AvgIpc) is 2.37. The molecule has 0 saturated heterocycles. The van der Waals surface area contributed by atoms with E-state index in [1.54, 1.807) is 0 Å². The number of hydrogen-bond donors (Lipinski definition) is 0. The second kappa shape index (κ2) is 10.3. The smallest absolute Gasteiger partial charge is 0.0120 e. The average molecular weight is 264 g/mol. The van der Waals surface area contributed by atoms with Gasteiger partial charge >= 0.3 is 0 Å². The molecule has 0 rings (SSSR count). The van der Waals surface area contributed by atoms with Crippen molar-refractivity contribution < 1.29 is 0 Å². The third kappa shape index (κ3) is 7.60. The second-order valence-corrected chi connectivity index (χ2v) is 5.82. The molecule has 1 unspecified atom stereocenters. The Labute approximate surface area is 118 Å². The number of thioether (sulfide) groups is 1. The number of rotatable bonds is 8. The largest absolute Gasteiger partial charge is 0.130 e. The van der Waals surface area contributed by atoms with Crippen molar-refractivity contribution in [1.29, 1.82) is 0 Å². The van der Waals surface area contributed by atoms with Crippen molar-refractivity contribution >= 4 is 11.8 Å². The van der Waals surface area contributed by atoms with Crippen LogP contribution in [-0.2, 0) is 0 Å². The molecule has 0 bridgehead atoms. The summed E-state index contributed by atoms with van der Waals surface area (Å²) in [6.07, 6.45) is 10.1. The van der Waals surface area contributed by atoms with Crippen LogP contribution in [0, 0.1) is 0 Å². The van der Waals surface area contributed by atoms with Crippen molar-refractivity contribution in [3.63, 3.8) is 0 Å². The van der Waals surface area contributed by atoms with Crippen molar-refractivity contribution in [2.45, 2.75) is 59.1 Å². The molecule has 0 N–H and O–H groups in total. The predicted molar refractivity (Wildman–Crippen MR) is 88.0 cm³/mol. The molecule has 0 radical (unpaired) electrons. The van der Waals surface area contributed by atoms with E-state index in [2.05, 4.69) is 64.8 Å². The van der Waals surface area contributed by atoms with E-state index in [9.17, 15) is 0 Å². The van der Waals surface area contributed by atoms with Crippen LogP contribution in [0.5, 0.6) is 0 Å². The third-order valence-corrected chi connectivity index (χ3v) is 4.42. The summed E-state index contributed by atoms with van der Waals surface area (Å²) in [6.45, 7) is 14.8. The van der Waals surface area contributed by atoms with Gasteiger partial charge in [-0.2, -0.15) is 0 Å². The van der Waals surface area contributed by atoms with Crippen LogP contribution >= 0.6 is 11.8 Å². The van der Waals surface area contributed by atoms with E-state index in [-0.39, 0.29) is 0 Å². The summed E-state index contributed by atoms with van der Waals surface area (Å²) in [5, 5.41) is 3.00. The van der Waals surface area contributed by atoms with Crippen LogP contribution in [0.1, 0.15) is 53.9 Å². The van der Waals surface area contributed by atoms with Crippen molar-refractivity contribution in [3.8, 4) is 0 Å². The lowest BCUT2D eigenvalue weighted by atomic mass is 10.1. The van der Waals surface area contributed by atoms with Gasteiger partial charge in [-0.15, -0.1) is 11.8 Å². The lowest BCUT2D eigenvalue weighted by Crippen LogP contribution is -1.97. The summed E-state index contributed by atoms with van der Waals surface area (Å²) in [7, 11) is 0. The molecular formula is C17H28S. The molecule has 0 aliphatic heterocycles. The van der Waals surface area contributed by atoms with Crippen LogP contribution in [0.25, 0.3) is 0 Å². The van der Waals surface area contributed by atoms with Gasteiger partial charge < -0.3 is 0 Å². The monoisotopic (exact) mass is 264 g/mol. The van der Waals surface area contributed by atoms with E-state index < -0.39 is 0 Å². The third-order valence-electron chi connectivity index (χ3n) is 2.97. The molecule has 0 nitrogen and oxygen atoms in total. The van der Waals surface area contributed by atoms with Crippen LogP contribution in [-0.4, -0.2) is 5.25 Å². The SMILES string of the molecule is C=C(C)C(/C=C\CC(CC)S/C=C(\C)CC)=C/C. The summed E-state index contributed by atoms with van der Waals surface area (Å²) in [4.78, 5) is 0. The molecule has 0 aliphatic rings. The molecule has 0 aliphatic carbocycles. The quantitative estimate of drug-likeness (QED) is 0.465. The standard InChI is InChI=1S/C17H28S/c1-7-15(6)13-18-17(9-3)12-10-11-16(8-2)14(4)5/h8,10-11,13,17H,4,7,9,12H2,1-3,5-6H3/b11-10-,15-13+,16-8+. The molecule has 0 amide bonds. The van der Waals surface area contributed by atoms with E-state index in [0.717, 1.165) is 18.4 Å². The topological polar surface area (TPSA) is 0 Å². The molecule has 102 valence electrons. The zero-order chi connectivity index (χ0) is 14.0. The molecule has 0 heterocycles. The van der Waals surface area contributed by atoms with Gasteiger partial charge in [-0.25, -0.2) is 0 Å². The molecular weight excluding hydrogens is 236 g/mol. The molecule has 0 spiro atoms. The molecule has 0 aromatic carbocycles. The van der Waals surface area contributed by atoms with Gasteiger partial charge in [0.25, 0.3) is 0 Å².